The summed E-state index contributed by atoms with van der Waals surface area (Å²) >= 11 is 18.4. The number of halogens is 3. The predicted octanol–water partition coefficient (Wildman–Crippen LogP) is 18.6. The van der Waals surface area contributed by atoms with Crippen molar-refractivity contribution in [3.63, 3.8) is 0 Å². The van der Waals surface area contributed by atoms with Crippen LogP contribution in [-0.2, 0) is 0 Å². The summed E-state index contributed by atoms with van der Waals surface area (Å²) < 4.78 is 4.99. The summed E-state index contributed by atoms with van der Waals surface area (Å²) in [5.74, 6) is 2.18. The van der Waals surface area contributed by atoms with Crippen molar-refractivity contribution in [1.82, 2.24) is 29.9 Å². The Hall–Kier alpha value is -9.61. The Morgan fingerprint density at radius 1 is 0.268 bits per heavy atom. The average Bonchev–Trinajstić information content (AvgIpc) is 3.69. The summed E-state index contributed by atoms with van der Waals surface area (Å²) in [6, 6.07) is 90.8. The van der Waals surface area contributed by atoms with Gasteiger partial charge in [-0.05, 0) is 165 Å². The second-order valence-corrected chi connectivity index (χ2v) is 20.1. The molecule has 14 aromatic rings. The van der Waals surface area contributed by atoms with E-state index in [0.29, 0.717) is 30.9 Å². The minimum Gasteiger partial charge on any atom is -0.537 e. The molecule has 0 atom stereocenters. The van der Waals surface area contributed by atoms with Crippen molar-refractivity contribution in [2.24, 2.45) is 0 Å². The van der Waals surface area contributed by atoms with Crippen molar-refractivity contribution in [1.29, 1.82) is 0 Å². The zero-order valence-corrected chi connectivity index (χ0v) is 45.9. The first-order valence-corrected chi connectivity index (χ1v) is 27.4. The van der Waals surface area contributed by atoms with Crippen LogP contribution in [0.4, 0.5) is 0 Å². The lowest BCUT2D eigenvalue weighted by Gasteiger charge is -2.12. The van der Waals surface area contributed by atoms with Gasteiger partial charge in [0.1, 0.15) is 5.75 Å². The molecule has 0 amide bonds. The lowest BCUT2D eigenvalue weighted by atomic mass is 9.95. The molecule has 0 saturated heterocycles. The molecule has 0 aliphatic heterocycles. The van der Waals surface area contributed by atoms with Crippen LogP contribution in [0.3, 0.4) is 0 Å². The standard InChI is InChI=1S/C35H22ClN3.C19H11Cl2N3.C16H12BO2/c36-35-38-33(28-14-8-13-26(22-28)27-18-17-23-9-4-5-12-25(23)21-27)37-34(39-35)32-20-19-29(24-10-2-1-3-11-24)30-15-6-7-16-31(30)32;20-18-22-17(23-19(21)24-18)16-11-10-13(12-6-2-1-3-7-12)14-8-4-5-9-15(14)16;18-17-19-16-7-3-6-14(11-16)15-9-8-12-4-1-2-5-13(12)10-15/h1-22H;1-11H;1-11,18H. The number of nitrogens with zero attached hydrogens (tertiary/aromatic N) is 6. The van der Waals surface area contributed by atoms with Crippen LogP contribution < -0.4 is 4.65 Å². The van der Waals surface area contributed by atoms with Gasteiger partial charge in [0.05, 0.1) is 0 Å². The average molecular weight is 1120 g/mol. The molecule has 0 bridgehead atoms. The van der Waals surface area contributed by atoms with E-state index >= 15 is 0 Å². The smallest absolute Gasteiger partial charge is 0.537 e. The van der Waals surface area contributed by atoms with Crippen molar-refractivity contribution < 1.29 is 9.68 Å². The minimum atomic E-state index is 0.0845. The third kappa shape index (κ3) is 11.8. The fourth-order valence-electron chi connectivity index (χ4n) is 10.2. The van der Waals surface area contributed by atoms with Crippen LogP contribution in [0, 0.1) is 0 Å². The van der Waals surface area contributed by atoms with Gasteiger partial charge in [-0.3, -0.25) is 0 Å². The quantitative estimate of drug-likeness (QED) is 0.142. The van der Waals surface area contributed by atoms with E-state index in [1.54, 1.807) is 6.07 Å². The van der Waals surface area contributed by atoms with Crippen LogP contribution in [0.5, 0.6) is 5.75 Å². The van der Waals surface area contributed by atoms with Crippen LogP contribution >= 0.6 is 34.8 Å². The molecule has 8 nitrogen and oxygen atoms in total. The topological polar surface area (TPSA) is 107 Å². The van der Waals surface area contributed by atoms with Gasteiger partial charge in [0.15, 0.2) is 17.5 Å². The van der Waals surface area contributed by atoms with Crippen LogP contribution in [0.15, 0.2) is 267 Å². The largest absolute Gasteiger partial charge is 0.569 e. The lowest BCUT2D eigenvalue weighted by Crippen LogP contribution is -1.99. The van der Waals surface area contributed by atoms with E-state index in [9.17, 15) is 0 Å². The zero-order chi connectivity index (χ0) is 55.8. The van der Waals surface area contributed by atoms with Crippen LogP contribution in [-0.4, -0.2) is 42.6 Å². The molecule has 12 heteroatoms. The van der Waals surface area contributed by atoms with Crippen molar-refractivity contribution in [2.75, 3.05) is 0 Å². The number of hydrogen-bond acceptors (Lipinski definition) is 8. The van der Waals surface area contributed by atoms with Crippen LogP contribution in [0.2, 0.25) is 15.9 Å². The summed E-state index contributed by atoms with van der Waals surface area (Å²) in [6.45, 7) is 0. The summed E-state index contributed by atoms with van der Waals surface area (Å²) in [4.78, 5) is 26.2. The Bertz CT molecular complexity index is 4590. The number of aromatic nitrogens is 6. The molecule has 1 N–H and O–H groups in total. The van der Waals surface area contributed by atoms with Crippen LogP contribution in [0.1, 0.15) is 0 Å². The highest BCUT2D eigenvalue weighted by atomic mass is 35.5. The van der Waals surface area contributed by atoms with Gasteiger partial charge < -0.3 is 9.68 Å². The molecule has 2 heterocycles. The van der Waals surface area contributed by atoms with E-state index in [0.717, 1.165) is 71.6 Å². The van der Waals surface area contributed by atoms with Crippen LogP contribution in [0.25, 0.3) is 122 Å². The maximum atomic E-state index is 8.68. The van der Waals surface area contributed by atoms with E-state index in [2.05, 4.69) is 189 Å². The van der Waals surface area contributed by atoms with Crippen molar-refractivity contribution in [3.8, 4) is 84.4 Å². The molecule has 0 unspecified atom stereocenters. The highest BCUT2D eigenvalue weighted by Crippen LogP contribution is 2.38. The summed E-state index contributed by atoms with van der Waals surface area (Å²) in [6.07, 6.45) is 0. The van der Waals surface area contributed by atoms with E-state index < -0.39 is 0 Å². The number of rotatable bonds is 9. The SMILES string of the molecule is Clc1nc(-c2cccc(-c3ccc4ccccc4c3)c2)nc(-c2ccc(-c3ccccc3)c3ccccc23)n1.Clc1nc(Cl)nc(-c2ccc(-c3ccccc3)c3ccccc23)n1.O[B]Oc1cccc(-c2ccc3ccccc3c2)c1. The predicted molar refractivity (Wildman–Crippen MR) is 338 cm³/mol. The Morgan fingerprint density at radius 2 is 0.634 bits per heavy atom. The monoisotopic (exact) mass is 1120 g/mol. The van der Waals surface area contributed by atoms with Gasteiger partial charge in [0.2, 0.25) is 15.9 Å². The fourth-order valence-corrected chi connectivity index (χ4v) is 10.7. The van der Waals surface area contributed by atoms with Gasteiger partial charge in [-0.15, -0.1) is 0 Å². The van der Waals surface area contributed by atoms with Crippen molar-refractivity contribution in [2.45, 2.75) is 0 Å². The maximum absolute atomic E-state index is 8.68. The molecule has 2 aromatic heterocycles. The first-order chi connectivity index (χ1) is 40.3. The van der Waals surface area contributed by atoms with Gasteiger partial charge >= 0.3 is 7.69 Å². The molecule has 391 valence electrons. The molecule has 0 aliphatic carbocycles. The fraction of sp³-hybridized carbons (Fsp3) is 0. The Balaban J connectivity index is 0.000000132. The van der Waals surface area contributed by atoms with E-state index in [1.807, 2.05) is 97.1 Å². The van der Waals surface area contributed by atoms with E-state index in [4.69, 9.17) is 49.5 Å². The molecule has 14 rings (SSSR count). The first kappa shape index (κ1) is 53.1. The summed E-state index contributed by atoms with van der Waals surface area (Å²) in [5.41, 5.74) is 11.7. The molecular formula is C70H45BCl3N6O2. The van der Waals surface area contributed by atoms with Gasteiger partial charge in [-0.2, -0.15) is 24.9 Å². The molecule has 0 aliphatic rings. The molecule has 82 heavy (non-hydrogen) atoms. The van der Waals surface area contributed by atoms with E-state index in [1.165, 1.54) is 32.7 Å². The van der Waals surface area contributed by atoms with Gasteiger partial charge in [-0.1, -0.05) is 224 Å². The molecule has 1 radical (unpaired) electrons. The maximum Gasteiger partial charge on any atom is 0.569 e. The second-order valence-electron chi connectivity index (χ2n) is 19.0. The van der Waals surface area contributed by atoms with Crippen molar-refractivity contribution >= 4 is 85.6 Å². The molecule has 0 saturated carbocycles. The third-order valence-electron chi connectivity index (χ3n) is 14.0. The van der Waals surface area contributed by atoms with Gasteiger partial charge in [-0.25, -0.2) is 4.98 Å². The Kier molecular flexibility index (Phi) is 15.8. The number of benzene rings is 12. The van der Waals surface area contributed by atoms with Gasteiger partial charge in [0.25, 0.3) is 0 Å². The molecule has 12 aromatic carbocycles. The Labute approximate surface area is 489 Å². The second kappa shape index (κ2) is 24.4. The summed E-state index contributed by atoms with van der Waals surface area (Å²) in [7, 11) is 0.694. The molecule has 0 spiro atoms. The van der Waals surface area contributed by atoms with E-state index in [-0.39, 0.29) is 15.9 Å². The number of fused-ring (bicyclic) bond motifs is 4. The molecular weight excluding hydrogens is 1070 g/mol. The highest BCUT2D eigenvalue weighted by molar-refractivity contribution is 6.31. The minimum absolute atomic E-state index is 0.0845. The third-order valence-corrected chi connectivity index (χ3v) is 14.5. The first-order valence-electron chi connectivity index (χ1n) is 26.3. The normalized spacial score (nSPS) is 10.9. The summed E-state index contributed by atoms with van der Waals surface area (Å²) in [5, 5.41) is 18.2. The van der Waals surface area contributed by atoms with Gasteiger partial charge in [0, 0.05) is 16.7 Å². The van der Waals surface area contributed by atoms with Crippen molar-refractivity contribution in [3.05, 3.63) is 283 Å². The highest BCUT2D eigenvalue weighted by Gasteiger charge is 2.17. The number of hydrogen-bond donors (Lipinski definition) is 1. The zero-order valence-electron chi connectivity index (χ0n) is 43.7. The Morgan fingerprint density at radius 3 is 1.15 bits per heavy atom. The molecule has 0 fully saturated rings. The lowest BCUT2D eigenvalue weighted by molar-refractivity contribution is 0.454.